The first-order valence-electron chi connectivity index (χ1n) is 13.5. The van der Waals surface area contributed by atoms with Crippen LogP contribution in [0.1, 0.15) is 56.0 Å². The van der Waals surface area contributed by atoms with E-state index in [0.717, 1.165) is 24.2 Å². The molecule has 0 spiro atoms. The first-order chi connectivity index (χ1) is 18.7. The van der Waals surface area contributed by atoms with Crippen molar-refractivity contribution in [3.63, 3.8) is 0 Å². The van der Waals surface area contributed by atoms with E-state index in [4.69, 9.17) is 0 Å². The number of amides is 3. The van der Waals surface area contributed by atoms with E-state index in [1.165, 1.54) is 6.20 Å². The normalized spacial score (nSPS) is 14.2. The smallest absolute Gasteiger partial charge is 0.253 e. The summed E-state index contributed by atoms with van der Waals surface area (Å²) in [6.07, 6.45) is 2.10. The second-order valence-corrected chi connectivity index (χ2v) is 11.1. The van der Waals surface area contributed by atoms with Gasteiger partial charge in [0.15, 0.2) is 0 Å². The average Bonchev–Trinajstić information content (AvgIpc) is 2.93. The molecule has 0 fully saturated rings. The molecule has 0 aliphatic heterocycles. The topological polar surface area (TPSA) is 141 Å². The highest BCUT2D eigenvalue weighted by atomic mass is 32.2. The minimum absolute atomic E-state index is 0.227. The summed E-state index contributed by atoms with van der Waals surface area (Å²) in [5, 5.41) is 30.1. The van der Waals surface area contributed by atoms with E-state index in [-0.39, 0.29) is 24.7 Å². The number of pyridine rings is 1. The van der Waals surface area contributed by atoms with Crippen LogP contribution in [-0.4, -0.2) is 75.3 Å². The van der Waals surface area contributed by atoms with Gasteiger partial charge >= 0.3 is 0 Å². The molecule has 5 N–H and O–H groups in total. The van der Waals surface area contributed by atoms with Crippen LogP contribution >= 0.6 is 11.8 Å². The highest BCUT2D eigenvalue weighted by Crippen LogP contribution is 2.13. The molecule has 1 unspecified atom stereocenters. The number of aliphatic hydroxyl groups is 2. The van der Waals surface area contributed by atoms with Crippen LogP contribution in [0.5, 0.6) is 0 Å². The Morgan fingerprint density at radius 2 is 1.77 bits per heavy atom. The summed E-state index contributed by atoms with van der Waals surface area (Å²) in [4.78, 5) is 42.5. The molecule has 1 aromatic heterocycles. The van der Waals surface area contributed by atoms with Gasteiger partial charge in [0, 0.05) is 24.7 Å². The molecule has 2 aromatic rings. The second kappa shape index (κ2) is 17.6. The number of aromatic nitrogens is 1. The number of aliphatic hydroxyl groups excluding tert-OH is 2. The first-order valence-corrected chi connectivity index (χ1v) is 14.6. The minimum atomic E-state index is -1.42. The fraction of sp³-hybridized carbons (Fsp3) is 0.517. The van der Waals surface area contributed by atoms with Crippen LogP contribution in [-0.2, 0) is 16.0 Å². The van der Waals surface area contributed by atoms with Crippen LogP contribution in [0.2, 0.25) is 0 Å². The van der Waals surface area contributed by atoms with Crippen molar-refractivity contribution < 1.29 is 24.6 Å². The summed E-state index contributed by atoms with van der Waals surface area (Å²) in [7, 11) is 0. The molecule has 1 heterocycles. The Kier molecular flexibility index (Phi) is 14.6. The number of thioether (sulfide) groups is 1. The number of rotatable bonds is 17. The van der Waals surface area contributed by atoms with Gasteiger partial charge in [-0.1, -0.05) is 57.5 Å². The highest BCUT2D eigenvalue weighted by molar-refractivity contribution is 7.99. The molecule has 0 saturated carbocycles. The summed E-state index contributed by atoms with van der Waals surface area (Å²) in [6, 6.07) is 10.7. The Labute approximate surface area is 235 Å². The molecule has 0 bridgehead atoms. The summed E-state index contributed by atoms with van der Waals surface area (Å²) in [5.41, 5.74) is 1.17. The number of hydrogen-bond donors (Lipinski definition) is 5. The van der Waals surface area contributed by atoms with Crippen LogP contribution in [0.4, 0.5) is 0 Å². The van der Waals surface area contributed by atoms with Crippen molar-refractivity contribution in [2.45, 2.75) is 70.7 Å². The van der Waals surface area contributed by atoms with Gasteiger partial charge in [0.05, 0.1) is 24.1 Å². The lowest BCUT2D eigenvalue weighted by Crippen LogP contribution is -2.56. The average molecular weight is 559 g/mol. The molecule has 10 heteroatoms. The number of unbranched alkanes of at least 4 members (excludes halogenated alkanes) is 1. The van der Waals surface area contributed by atoms with Crippen LogP contribution in [0.25, 0.3) is 0 Å². The Morgan fingerprint density at radius 3 is 2.41 bits per heavy atom. The van der Waals surface area contributed by atoms with Crippen LogP contribution in [0.3, 0.4) is 0 Å². The van der Waals surface area contributed by atoms with E-state index >= 15 is 0 Å². The maximum Gasteiger partial charge on any atom is 0.253 e. The molecular formula is C29H42N4O5S. The lowest BCUT2D eigenvalue weighted by atomic mass is 9.95. The molecule has 0 aliphatic carbocycles. The standard InChI is InChI=1S/C29H42N4O5S/c1-4-5-14-39-19-24(33-28(37)22-12-9-13-30-18-22)29(38)32-23(15-21-10-7-6-8-11-21)27(36)25(34)16-26(35)31-17-20(2)3/h6-13,18,20,23-25,27,34,36H,4-5,14-17,19H2,1-3H3,(H,31,35)(H,32,38)(H,33,37)/t23-,24?,25+,27+/m0/s1. The fourth-order valence-corrected chi connectivity index (χ4v) is 4.88. The second-order valence-electron chi connectivity index (χ2n) is 9.96. The lowest BCUT2D eigenvalue weighted by Gasteiger charge is -2.29. The zero-order chi connectivity index (χ0) is 28.6. The third-order valence-corrected chi connectivity index (χ3v) is 7.15. The minimum Gasteiger partial charge on any atom is -0.390 e. The van der Waals surface area contributed by atoms with Gasteiger partial charge in [-0.2, -0.15) is 11.8 Å². The molecule has 3 amide bonds. The molecule has 0 radical (unpaired) electrons. The van der Waals surface area contributed by atoms with E-state index < -0.39 is 36.1 Å². The van der Waals surface area contributed by atoms with Crippen molar-refractivity contribution in [3.05, 3.63) is 66.0 Å². The number of carbonyl (C=O) groups excluding carboxylic acids is 3. The maximum absolute atomic E-state index is 13.5. The van der Waals surface area contributed by atoms with Crippen molar-refractivity contribution in [2.24, 2.45) is 5.92 Å². The van der Waals surface area contributed by atoms with Gasteiger partial charge in [-0.15, -0.1) is 0 Å². The number of nitrogens with zero attached hydrogens (tertiary/aromatic N) is 1. The summed E-state index contributed by atoms with van der Waals surface area (Å²) >= 11 is 1.56. The number of benzene rings is 1. The first kappa shape index (κ1) is 32.3. The molecule has 0 saturated heterocycles. The zero-order valence-corrected chi connectivity index (χ0v) is 23.8. The maximum atomic E-state index is 13.5. The van der Waals surface area contributed by atoms with Crippen LogP contribution in [0, 0.1) is 5.92 Å². The number of nitrogens with one attached hydrogen (secondary N) is 3. The third-order valence-electron chi connectivity index (χ3n) is 6.01. The van der Waals surface area contributed by atoms with E-state index in [2.05, 4.69) is 27.9 Å². The van der Waals surface area contributed by atoms with Gasteiger partial charge in [0.1, 0.15) is 12.1 Å². The van der Waals surface area contributed by atoms with Gasteiger partial charge in [-0.05, 0) is 42.2 Å². The SMILES string of the molecule is CCCCSCC(NC(=O)c1cccnc1)C(=O)N[C@@H](Cc1ccccc1)[C@@H](O)[C@H](O)CC(=O)NCC(C)C. The van der Waals surface area contributed by atoms with Crippen molar-refractivity contribution in [1.29, 1.82) is 0 Å². The predicted molar refractivity (Wildman–Crippen MR) is 154 cm³/mol. The monoisotopic (exact) mass is 558 g/mol. The van der Waals surface area contributed by atoms with Gasteiger partial charge in [-0.25, -0.2) is 0 Å². The van der Waals surface area contributed by atoms with E-state index in [1.54, 1.807) is 30.1 Å². The molecular weight excluding hydrogens is 516 g/mol. The van der Waals surface area contributed by atoms with E-state index in [0.29, 0.717) is 17.9 Å². The largest absolute Gasteiger partial charge is 0.390 e. The molecule has 214 valence electrons. The highest BCUT2D eigenvalue weighted by Gasteiger charge is 2.32. The lowest BCUT2D eigenvalue weighted by molar-refractivity contribution is -0.127. The van der Waals surface area contributed by atoms with Crippen LogP contribution in [0.15, 0.2) is 54.9 Å². The van der Waals surface area contributed by atoms with Gasteiger partial charge in [-0.3, -0.25) is 19.4 Å². The van der Waals surface area contributed by atoms with Gasteiger partial charge in [0.25, 0.3) is 5.91 Å². The zero-order valence-electron chi connectivity index (χ0n) is 23.0. The van der Waals surface area contributed by atoms with E-state index in [9.17, 15) is 24.6 Å². The summed E-state index contributed by atoms with van der Waals surface area (Å²) in [5.74, 6) is 0.133. The Bertz CT molecular complexity index is 1010. The van der Waals surface area contributed by atoms with Gasteiger partial charge < -0.3 is 26.2 Å². The van der Waals surface area contributed by atoms with Crippen molar-refractivity contribution in [1.82, 2.24) is 20.9 Å². The molecule has 2 rings (SSSR count). The summed E-state index contributed by atoms with van der Waals surface area (Å²) in [6.45, 7) is 6.46. The number of carbonyl (C=O) groups is 3. The predicted octanol–water partition coefficient (Wildman–Crippen LogP) is 2.32. The third kappa shape index (κ3) is 12.2. The Morgan fingerprint density at radius 1 is 1.03 bits per heavy atom. The molecule has 39 heavy (non-hydrogen) atoms. The van der Waals surface area contributed by atoms with E-state index in [1.807, 2.05) is 44.2 Å². The Hall–Kier alpha value is -2.95. The quantitative estimate of drug-likeness (QED) is 0.188. The Balaban J connectivity index is 2.18. The van der Waals surface area contributed by atoms with Crippen molar-refractivity contribution in [3.8, 4) is 0 Å². The molecule has 9 nitrogen and oxygen atoms in total. The fourth-order valence-electron chi connectivity index (χ4n) is 3.75. The van der Waals surface area contributed by atoms with Crippen molar-refractivity contribution >= 4 is 29.5 Å². The van der Waals surface area contributed by atoms with Crippen molar-refractivity contribution in [2.75, 3.05) is 18.1 Å². The number of hydrogen-bond acceptors (Lipinski definition) is 7. The molecule has 0 aliphatic rings. The summed E-state index contributed by atoms with van der Waals surface area (Å²) < 4.78 is 0. The molecule has 4 atom stereocenters. The molecule has 1 aromatic carbocycles. The van der Waals surface area contributed by atoms with Gasteiger partial charge in [0.2, 0.25) is 11.8 Å². The van der Waals surface area contributed by atoms with Crippen LogP contribution < -0.4 is 16.0 Å².